The number of aryl methyl sites for hydroxylation is 1. The zero-order chi connectivity index (χ0) is 20.6. The number of halogens is 2. The van der Waals surface area contributed by atoms with Crippen LogP contribution in [0.4, 0.5) is 14.5 Å². The van der Waals surface area contributed by atoms with Gasteiger partial charge >= 0.3 is 0 Å². The number of amides is 1. The van der Waals surface area contributed by atoms with Crippen LogP contribution in [0, 0.1) is 11.7 Å². The lowest BCUT2D eigenvalue weighted by Crippen LogP contribution is -2.56. The molecule has 2 unspecified atom stereocenters. The van der Waals surface area contributed by atoms with Crippen LogP contribution >= 0.6 is 0 Å². The largest absolute Gasteiger partial charge is 0.362 e. The topological polar surface area (TPSA) is 71.6 Å². The molecule has 1 aliphatic carbocycles. The van der Waals surface area contributed by atoms with Gasteiger partial charge in [0.15, 0.2) is 11.5 Å². The van der Waals surface area contributed by atoms with Crippen molar-refractivity contribution in [3.63, 3.8) is 0 Å². The highest BCUT2D eigenvalue weighted by Crippen LogP contribution is 2.41. The number of carbonyl (C=O) groups is 1. The molecule has 2 saturated heterocycles. The van der Waals surface area contributed by atoms with Crippen molar-refractivity contribution in [2.45, 2.75) is 37.5 Å². The van der Waals surface area contributed by atoms with Gasteiger partial charge in [-0.1, -0.05) is 0 Å². The maximum Gasteiger partial charge on any atom is 0.229 e. The maximum atomic E-state index is 14.9. The number of anilines is 1. The molecule has 6 rings (SSSR count). The van der Waals surface area contributed by atoms with E-state index < -0.39 is 17.9 Å². The summed E-state index contributed by atoms with van der Waals surface area (Å²) in [6.45, 7) is 1.02. The molecular formula is C20H21F2N7O. The second-order valence-electron chi connectivity index (χ2n) is 8.53. The molecule has 10 heteroatoms. The van der Waals surface area contributed by atoms with E-state index >= 15 is 0 Å². The van der Waals surface area contributed by atoms with Gasteiger partial charge in [0.1, 0.15) is 11.9 Å². The van der Waals surface area contributed by atoms with Crippen LogP contribution in [0.15, 0.2) is 24.8 Å². The first-order chi connectivity index (χ1) is 14.5. The Morgan fingerprint density at radius 3 is 2.50 bits per heavy atom. The predicted octanol–water partition coefficient (Wildman–Crippen LogP) is 1.81. The zero-order valence-corrected chi connectivity index (χ0v) is 16.4. The van der Waals surface area contributed by atoms with E-state index in [0.29, 0.717) is 36.5 Å². The Balaban J connectivity index is 1.34. The number of carbonyl (C=O) groups excluding carboxylic acids is 1. The molecule has 4 atom stereocenters. The van der Waals surface area contributed by atoms with Crippen molar-refractivity contribution in [1.29, 1.82) is 0 Å². The van der Waals surface area contributed by atoms with Gasteiger partial charge < -0.3 is 9.80 Å². The molecule has 30 heavy (non-hydrogen) atoms. The van der Waals surface area contributed by atoms with E-state index in [-0.39, 0.29) is 18.0 Å². The van der Waals surface area contributed by atoms with Gasteiger partial charge in [0.05, 0.1) is 30.2 Å². The Morgan fingerprint density at radius 1 is 1.13 bits per heavy atom. The zero-order valence-electron chi connectivity index (χ0n) is 16.4. The number of hydrogen-bond donors (Lipinski definition) is 0. The van der Waals surface area contributed by atoms with Gasteiger partial charge in [-0.15, -0.1) is 0 Å². The molecular weight excluding hydrogens is 392 g/mol. The molecule has 156 valence electrons. The monoisotopic (exact) mass is 413 g/mol. The molecule has 3 aromatic rings. The molecule has 0 radical (unpaired) electrons. The van der Waals surface area contributed by atoms with E-state index in [2.05, 4.69) is 15.2 Å². The summed E-state index contributed by atoms with van der Waals surface area (Å²) >= 11 is 0. The highest BCUT2D eigenvalue weighted by Gasteiger charge is 2.52. The lowest BCUT2D eigenvalue weighted by Gasteiger charge is -2.42. The summed E-state index contributed by atoms with van der Waals surface area (Å²) in [6.07, 6.45) is 7.57. The van der Waals surface area contributed by atoms with Crippen molar-refractivity contribution in [2.24, 2.45) is 13.0 Å². The lowest BCUT2D eigenvalue weighted by molar-refractivity contribution is -0.136. The molecule has 8 nitrogen and oxygen atoms in total. The fourth-order valence-corrected chi connectivity index (χ4v) is 4.94. The second kappa shape index (κ2) is 6.23. The number of nitrogens with zero attached hydrogens (tertiary/aromatic N) is 7. The molecule has 3 aliphatic rings. The predicted molar refractivity (Wildman–Crippen MR) is 104 cm³/mol. The smallest absolute Gasteiger partial charge is 0.229 e. The molecule has 0 spiro atoms. The molecule has 1 amide bonds. The van der Waals surface area contributed by atoms with Crippen molar-refractivity contribution < 1.29 is 13.6 Å². The number of aromatic nitrogens is 5. The first kappa shape index (κ1) is 17.8. The van der Waals surface area contributed by atoms with Crippen molar-refractivity contribution in [3.8, 4) is 11.3 Å². The minimum Gasteiger partial charge on any atom is -0.362 e. The summed E-state index contributed by atoms with van der Waals surface area (Å²) in [5, 5.41) is 8.31. The SMILES string of the molecule is Cn1cc(-c2cn3ncc(F)c(N4CC5CCC(C4)N5C(=O)[C@H]4C[C@@H]4F)c3n2)cn1. The summed E-state index contributed by atoms with van der Waals surface area (Å²) < 4.78 is 31.6. The van der Waals surface area contributed by atoms with E-state index in [9.17, 15) is 13.6 Å². The molecule has 5 heterocycles. The van der Waals surface area contributed by atoms with Crippen LogP contribution in [0.2, 0.25) is 0 Å². The number of rotatable bonds is 3. The van der Waals surface area contributed by atoms with Gasteiger partial charge in [0.25, 0.3) is 0 Å². The molecule has 0 N–H and O–H groups in total. The van der Waals surface area contributed by atoms with Gasteiger partial charge in [-0.25, -0.2) is 18.3 Å². The summed E-state index contributed by atoms with van der Waals surface area (Å²) in [7, 11) is 1.83. The molecule has 0 aromatic carbocycles. The second-order valence-corrected chi connectivity index (χ2v) is 8.53. The number of hydrogen-bond acceptors (Lipinski definition) is 5. The van der Waals surface area contributed by atoms with Gasteiger partial charge in [-0.2, -0.15) is 10.2 Å². The maximum absolute atomic E-state index is 14.9. The molecule has 1 saturated carbocycles. The summed E-state index contributed by atoms with van der Waals surface area (Å²) in [5.41, 5.74) is 2.34. The van der Waals surface area contributed by atoms with Gasteiger partial charge in [-0.3, -0.25) is 9.48 Å². The number of alkyl halides is 1. The molecule has 3 fully saturated rings. The van der Waals surface area contributed by atoms with Crippen LogP contribution in [0.3, 0.4) is 0 Å². The van der Waals surface area contributed by atoms with Crippen LogP contribution in [0.5, 0.6) is 0 Å². The molecule has 3 aromatic heterocycles. The molecule has 2 aliphatic heterocycles. The van der Waals surface area contributed by atoms with E-state index in [1.807, 2.05) is 23.0 Å². The Morgan fingerprint density at radius 2 is 1.87 bits per heavy atom. The fraction of sp³-hybridized carbons (Fsp3) is 0.500. The minimum atomic E-state index is -0.997. The number of piperazine rings is 1. The Labute approximate surface area is 171 Å². The lowest BCUT2D eigenvalue weighted by atomic mass is 10.1. The standard InChI is InChI=1S/C20H21F2N7O/c1-26-7-11(5-23-26)17-10-28-19(25-17)18(16(22)6-24-28)27-8-12-2-3-13(9-27)29(12)20(30)14-4-15(14)21/h5-7,10,12-15H,2-4,8-9H2,1H3/t12?,13?,14-,15-/m0/s1. The number of imidazole rings is 1. The Hall–Kier alpha value is -3.04. The molecule has 2 bridgehead atoms. The average molecular weight is 413 g/mol. The van der Waals surface area contributed by atoms with E-state index in [0.717, 1.165) is 18.4 Å². The third-order valence-electron chi connectivity index (χ3n) is 6.50. The summed E-state index contributed by atoms with van der Waals surface area (Å²) in [6, 6.07) is -0.0474. The van der Waals surface area contributed by atoms with Crippen LogP contribution < -0.4 is 4.90 Å². The van der Waals surface area contributed by atoms with Crippen molar-refractivity contribution in [2.75, 3.05) is 18.0 Å². The minimum absolute atomic E-state index is 0.0237. The van der Waals surface area contributed by atoms with Crippen LogP contribution in [-0.4, -0.2) is 66.5 Å². The third-order valence-corrected chi connectivity index (χ3v) is 6.50. The van der Waals surface area contributed by atoms with Crippen LogP contribution in [0.1, 0.15) is 19.3 Å². The third kappa shape index (κ3) is 2.62. The fourth-order valence-electron chi connectivity index (χ4n) is 4.94. The van der Waals surface area contributed by atoms with Crippen molar-refractivity contribution in [3.05, 3.63) is 30.6 Å². The first-order valence-electron chi connectivity index (χ1n) is 10.2. The van der Waals surface area contributed by atoms with E-state index in [1.54, 1.807) is 21.6 Å². The Kier molecular flexibility index (Phi) is 3.69. The van der Waals surface area contributed by atoms with Gasteiger partial charge in [0, 0.05) is 44.0 Å². The Bertz CT molecular complexity index is 1140. The van der Waals surface area contributed by atoms with E-state index in [1.165, 1.54) is 6.20 Å². The quantitative estimate of drug-likeness (QED) is 0.655. The highest BCUT2D eigenvalue weighted by molar-refractivity contribution is 5.84. The van der Waals surface area contributed by atoms with Gasteiger partial charge in [-0.05, 0) is 19.3 Å². The normalized spacial score (nSPS) is 27.8. The highest BCUT2D eigenvalue weighted by atomic mass is 19.1. The van der Waals surface area contributed by atoms with Crippen LogP contribution in [0.25, 0.3) is 16.9 Å². The summed E-state index contributed by atoms with van der Waals surface area (Å²) in [5.74, 6) is -0.982. The van der Waals surface area contributed by atoms with Crippen molar-refractivity contribution >= 4 is 17.2 Å². The van der Waals surface area contributed by atoms with Gasteiger partial charge in [0.2, 0.25) is 5.91 Å². The van der Waals surface area contributed by atoms with Crippen LogP contribution in [-0.2, 0) is 11.8 Å². The van der Waals surface area contributed by atoms with Crippen molar-refractivity contribution in [1.82, 2.24) is 29.3 Å². The first-order valence-corrected chi connectivity index (χ1v) is 10.2. The number of fused-ring (bicyclic) bond motifs is 3. The van der Waals surface area contributed by atoms with E-state index in [4.69, 9.17) is 0 Å². The average Bonchev–Trinajstić information content (AvgIpc) is 3.04. The summed E-state index contributed by atoms with van der Waals surface area (Å²) in [4.78, 5) is 21.2.